The first-order valence-corrected chi connectivity index (χ1v) is 23.9. The van der Waals surface area contributed by atoms with Gasteiger partial charge in [-0.1, -0.05) is 64.6 Å². The molecule has 4 atom stereocenters. The van der Waals surface area contributed by atoms with Crippen LogP contribution < -0.4 is 10.7 Å². The summed E-state index contributed by atoms with van der Waals surface area (Å²) in [6.45, 7) is 20.0. The Hall–Kier alpha value is -5.86. The van der Waals surface area contributed by atoms with Gasteiger partial charge in [0.2, 0.25) is 17.7 Å². The summed E-state index contributed by atoms with van der Waals surface area (Å²) in [4.78, 5) is 79.5. The van der Waals surface area contributed by atoms with Crippen LogP contribution in [0.3, 0.4) is 0 Å². The fourth-order valence-corrected chi connectivity index (χ4v) is 10.2. The smallest absolute Gasteiger partial charge is 0.324 e. The predicted molar refractivity (Wildman–Crippen MR) is 261 cm³/mol. The zero-order valence-electron chi connectivity index (χ0n) is 41.1. The van der Waals surface area contributed by atoms with Crippen molar-refractivity contribution in [3.05, 3.63) is 90.3 Å². The number of hydrogen-bond donors (Lipinski definition) is 2. The zero-order valence-corrected chi connectivity index (χ0v) is 41.1. The Labute approximate surface area is 396 Å². The van der Waals surface area contributed by atoms with E-state index in [0.29, 0.717) is 38.8 Å². The first kappa shape index (κ1) is 49.1. The molecule has 3 aliphatic heterocycles. The lowest BCUT2D eigenvalue weighted by atomic mass is 9.82. The van der Waals surface area contributed by atoms with Gasteiger partial charge in [-0.3, -0.25) is 34.0 Å². The van der Waals surface area contributed by atoms with Gasteiger partial charge in [0, 0.05) is 79.5 Å². The Kier molecular flexibility index (Phi) is 14.5. The molecule has 6 bridgehead atoms. The Bertz CT molecular complexity index is 2540. The number of aryl methyl sites for hydroxylation is 1. The minimum absolute atomic E-state index is 0.145. The number of fused-ring (bicyclic) bond motifs is 6. The largest absolute Gasteiger partial charge is 0.464 e. The number of hydrazine groups is 1. The molecular weight excluding hydrogens is 845 g/mol. The topological polar surface area (TPSA) is 149 Å². The van der Waals surface area contributed by atoms with E-state index < -0.39 is 47.2 Å². The van der Waals surface area contributed by atoms with Crippen LogP contribution in [0, 0.1) is 17.3 Å². The van der Waals surface area contributed by atoms with Crippen molar-refractivity contribution in [3.63, 3.8) is 0 Å². The number of benzene rings is 2. The average molecular weight is 915 g/mol. The summed E-state index contributed by atoms with van der Waals surface area (Å²) in [6.07, 6.45) is 7.35. The minimum atomic E-state index is -1.05. The highest BCUT2D eigenvalue weighted by Gasteiger charge is 2.40. The fraction of sp³-hybridized carbons (Fsp3) is 0.509. The number of ether oxygens (including phenoxy) is 1. The van der Waals surface area contributed by atoms with Gasteiger partial charge in [-0.05, 0) is 119 Å². The van der Waals surface area contributed by atoms with Gasteiger partial charge in [-0.25, -0.2) is 5.43 Å². The molecule has 2 aromatic carbocycles. The second kappa shape index (κ2) is 19.8. The van der Waals surface area contributed by atoms with Gasteiger partial charge in [0.15, 0.2) is 0 Å². The molecule has 0 saturated carbocycles. The fourth-order valence-electron chi connectivity index (χ4n) is 10.2. The van der Waals surface area contributed by atoms with Crippen molar-refractivity contribution >= 4 is 40.5 Å². The van der Waals surface area contributed by atoms with E-state index in [4.69, 9.17) is 4.74 Å². The molecule has 3 aliphatic rings. The normalized spacial score (nSPS) is 20.7. The second-order valence-corrected chi connectivity index (χ2v) is 20.5. The van der Waals surface area contributed by atoms with Crippen LogP contribution in [0.4, 0.5) is 0 Å². The van der Waals surface area contributed by atoms with Crippen molar-refractivity contribution in [3.8, 4) is 22.4 Å². The number of carbonyl (C=O) groups excluding carboxylic acids is 5. The van der Waals surface area contributed by atoms with E-state index in [2.05, 4.69) is 117 Å². The molecule has 14 heteroatoms. The standard InChI is InChI=1S/C53H70N8O6/c1-12-45(62)59-25-22-37(31-59)49(64)58(11)46(33(3)4)48(63)55-43-27-34-16-14-17-35(26-34)36-19-20-44-38(28-36)39(29-52(5,6)32-67-51(66)42-18-15-24-61(56-42)50(43)65)47(60(44)13-2)40-30-54-23-21-41(40)53(7,8)57(9)10/h12,14,16-17,19-21,23,26,28,30,33,37,42-43,46,56H,1,13,15,18,22,24-25,27,29,31-32H2,2-11H3,(H,55,63)/t37-,42-,43-,46-/m0/s1. The number of pyridine rings is 1. The summed E-state index contributed by atoms with van der Waals surface area (Å²) in [5.74, 6) is -2.54. The molecule has 4 aromatic rings. The molecule has 2 aromatic heterocycles. The monoisotopic (exact) mass is 915 g/mol. The third kappa shape index (κ3) is 10.1. The van der Waals surface area contributed by atoms with Crippen LogP contribution >= 0.6 is 0 Å². The third-order valence-corrected chi connectivity index (χ3v) is 14.3. The first-order chi connectivity index (χ1) is 31.8. The highest BCUT2D eigenvalue weighted by Crippen LogP contribution is 2.43. The van der Waals surface area contributed by atoms with Gasteiger partial charge in [0.1, 0.15) is 18.1 Å². The van der Waals surface area contributed by atoms with E-state index in [1.54, 1.807) is 11.9 Å². The number of hydrogen-bond acceptors (Lipinski definition) is 9. The van der Waals surface area contributed by atoms with E-state index in [1.807, 2.05) is 38.4 Å². The van der Waals surface area contributed by atoms with E-state index in [0.717, 1.165) is 56.5 Å². The molecule has 7 rings (SSSR count). The molecule has 0 unspecified atom stereocenters. The van der Waals surface area contributed by atoms with Crippen LogP contribution in [0.2, 0.25) is 0 Å². The van der Waals surface area contributed by atoms with Crippen LogP contribution in [0.5, 0.6) is 0 Å². The van der Waals surface area contributed by atoms with Crippen LogP contribution in [0.15, 0.2) is 73.6 Å². The molecule has 358 valence electrons. The summed E-state index contributed by atoms with van der Waals surface area (Å²) < 4.78 is 8.54. The van der Waals surface area contributed by atoms with E-state index >= 15 is 0 Å². The SMILES string of the molecule is C=CC(=O)N1CC[C@H](C(=O)N(C)[C@H](C(=O)N[C@H]2Cc3cccc(c3)-c3ccc4c(c3)c(c(-c3cnccc3C(C)(C)N(C)C)n4CC)CC(C)(C)COC(=O)[C@@H]3CCCN(N3)C2=O)C(C)C)C1. The number of likely N-dealkylation sites (N-methyl/N-ethyl adjacent to an activating group) is 1. The van der Waals surface area contributed by atoms with Crippen LogP contribution in [0.1, 0.15) is 84.4 Å². The molecule has 4 amide bonds. The zero-order chi connectivity index (χ0) is 48.5. The molecule has 2 N–H and O–H groups in total. The van der Waals surface area contributed by atoms with Gasteiger partial charge >= 0.3 is 5.97 Å². The van der Waals surface area contributed by atoms with E-state index in [1.165, 1.54) is 16.0 Å². The van der Waals surface area contributed by atoms with Crippen molar-refractivity contribution in [2.75, 3.05) is 47.4 Å². The Balaban J connectivity index is 1.30. The molecule has 0 spiro atoms. The molecule has 67 heavy (non-hydrogen) atoms. The highest BCUT2D eigenvalue weighted by atomic mass is 16.5. The number of esters is 1. The third-order valence-electron chi connectivity index (χ3n) is 14.3. The number of likely N-dealkylation sites (tertiary alicyclic amines) is 1. The number of amides is 4. The van der Waals surface area contributed by atoms with Crippen molar-refractivity contribution < 1.29 is 28.7 Å². The molecule has 5 heterocycles. The minimum Gasteiger partial charge on any atom is -0.464 e. The summed E-state index contributed by atoms with van der Waals surface area (Å²) in [5.41, 5.74) is 10.7. The number of cyclic esters (lactones) is 1. The Morgan fingerprint density at radius 3 is 2.49 bits per heavy atom. The molecule has 0 aliphatic carbocycles. The quantitative estimate of drug-likeness (QED) is 0.137. The lowest BCUT2D eigenvalue weighted by Gasteiger charge is -2.37. The summed E-state index contributed by atoms with van der Waals surface area (Å²) >= 11 is 0. The average Bonchev–Trinajstić information content (AvgIpc) is 3.92. The maximum absolute atomic E-state index is 14.7. The van der Waals surface area contributed by atoms with Gasteiger partial charge in [-0.15, -0.1) is 0 Å². The lowest BCUT2D eigenvalue weighted by molar-refractivity contribution is -0.155. The summed E-state index contributed by atoms with van der Waals surface area (Å²) in [6, 6.07) is 14.0. The van der Waals surface area contributed by atoms with E-state index in [-0.39, 0.29) is 42.8 Å². The van der Waals surface area contributed by atoms with Gasteiger partial charge in [-0.2, -0.15) is 0 Å². The second-order valence-electron chi connectivity index (χ2n) is 20.5. The van der Waals surface area contributed by atoms with Crippen molar-refractivity contribution in [2.24, 2.45) is 17.3 Å². The number of nitrogens with one attached hydrogen (secondary N) is 2. The van der Waals surface area contributed by atoms with Crippen molar-refractivity contribution in [1.29, 1.82) is 0 Å². The Morgan fingerprint density at radius 1 is 1.04 bits per heavy atom. The predicted octanol–water partition coefficient (Wildman–Crippen LogP) is 6.35. The van der Waals surface area contributed by atoms with Gasteiger partial charge in [0.25, 0.3) is 5.91 Å². The first-order valence-electron chi connectivity index (χ1n) is 23.9. The number of nitrogens with zero attached hydrogens (tertiary/aromatic N) is 6. The van der Waals surface area contributed by atoms with Crippen LogP contribution in [0.25, 0.3) is 33.3 Å². The van der Waals surface area contributed by atoms with Crippen molar-refractivity contribution in [2.45, 2.75) is 111 Å². The van der Waals surface area contributed by atoms with Crippen molar-refractivity contribution in [1.82, 2.24) is 40.0 Å². The molecular formula is C53H70N8O6. The molecule has 0 radical (unpaired) electrons. The van der Waals surface area contributed by atoms with Gasteiger partial charge in [0.05, 0.1) is 18.2 Å². The summed E-state index contributed by atoms with van der Waals surface area (Å²) in [7, 11) is 5.80. The number of rotatable bonds is 10. The van der Waals surface area contributed by atoms with Crippen LogP contribution in [-0.4, -0.2) is 124 Å². The maximum Gasteiger partial charge on any atom is 0.324 e. The Morgan fingerprint density at radius 2 is 1.79 bits per heavy atom. The molecule has 14 nitrogen and oxygen atoms in total. The summed E-state index contributed by atoms with van der Waals surface area (Å²) in [5, 5.41) is 5.61. The molecule has 2 fully saturated rings. The maximum atomic E-state index is 14.7. The highest BCUT2D eigenvalue weighted by molar-refractivity contribution is 5.96. The lowest BCUT2D eigenvalue weighted by Crippen LogP contribution is -2.62. The number of aromatic nitrogens is 2. The van der Waals surface area contributed by atoms with Gasteiger partial charge < -0.3 is 29.3 Å². The molecule has 2 saturated heterocycles. The number of carbonyl (C=O) groups is 5. The van der Waals surface area contributed by atoms with E-state index in [9.17, 15) is 24.0 Å². The van der Waals surface area contributed by atoms with Crippen LogP contribution in [-0.2, 0) is 53.6 Å².